The highest BCUT2D eigenvalue weighted by molar-refractivity contribution is 7.89. The quantitative estimate of drug-likeness (QED) is 0.636. The molecule has 144 valence electrons. The number of ether oxygens (including phenoxy) is 2. The van der Waals surface area contributed by atoms with Crippen molar-refractivity contribution in [1.29, 1.82) is 0 Å². The zero-order chi connectivity index (χ0) is 19.4. The van der Waals surface area contributed by atoms with Gasteiger partial charge in [-0.1, -0.05) is 60.7 Å². The van der Waals surface area contributed by atoms with Crippen molar-refractivity contribution in [3.63, 3.8) is 0 Å². The lowest BCUT2D eigenvalue weighted by atomic mass is 10.2. The van der Waals surface area contributed by atoms with Crippen molar-refractivity contribution in [2.45, 2.75) is 18.0 Å². The van der Waals surface area contributed by atoms with E-state index in [1.165, 1.54) is 4.31 Å². The van der Waals surface area contributed by atoms with E-state index in [0.717, 1.165) is 11.1 Å². The van der Waals surface area contributed by atoms with E-state index in [2.05, 4.69) is 0 Å². The summed E-state index contributed by atoms with van der Waals surface area (Å²) in [6.45, 7) is 1.44. The first-order valence-electron chi connectivity index (χ1n) is 9.10. The third-order valence-electron chi connectivity index (χ3n) is 4.55. The zero-order valence-electron chi connectivity index (χ0n) is 15.3. The fourth-order valence-electron chi connectivity index (χ4n) is 3.13. The second-order valence-electron chi connectivity index (χ2n) is 6.55. The van der Waals surface area contributed by atoms with Crippen LogP contribution in [0.3, 0.4) is 0 Å². The van der Waals surface area contributed by atoms with Crippen molar-refractivity contribution in [2.24, 2.45) is 0 Å². The van der Waals surface area contributed by atoms with Crippen molar-refractivity contribution in [2.75, 3.05) is 13.2 Å². The van der Waals surface area contributed by atoms with Gasteiger partial charge in [-0.2, -0.15) is 4.31 Å². The van der Waals surface area contributed by atoms with E-state index in [1.54, 1.807) is 18.2 Å². The number of rotatable bonds is 6. The van der Waals surface area contributed by atoms with Crippen molar-refractivity contribution >= 4 is 10.0 Å². The standard InChI is InChI=1S/C22H21NO4S/c24-28(25,20-11-12-21-22(15-20)27-14-13-26-21)23(16-18-7-3-1-4-8-18)17-19-9-5-2-6-10-19/h1-12,15H,13-14,16-17H2. The molecular weight excluding hydrogens is 374 g/mol. The molecule has 4 rings (SSSR count). The highest BCUT2D eigenvalue weighted by Gasteiger charge is 2.27. The van der Waals surface area contributed by atoms with Crippen LogP contribution in [0.2, 0.25) is 0 Å². The fourth-order valence-corrected chi connectivity index (χ4v) is 4.57. The monoisotopic (exact) mass is 395 g/mol. The predicted molar refractivity (Wildman–Crippen MR) is 107 cm³/mol. The van der Waals surface area contributed by atoms with Gasteiger partial charge in [0.05, 0.1) is 4.90 Å². The summed E-state index contributed by atoms with van der Waals surface area (Å²) in [4.78, 5) is 0.198. The van der Waals surface area contributed by atoms with Gasteiger partial charge < -0.3 is 9.47 Å². The van der Waals surface area contributed by atoms with Crippen LogP contribution in [0.4, 0.5) is 0 Å². The Kier molecular flexibility index (Phi) is 5.32. The highest BCUT2D eigenvalue weighted by Crippen LogP contribution is 2.33. The summed E-state index contributed by atoms with van der Waals surface area (Å²) in [7, 11) is -3.73. The third-order valence-corrected chi connectivity index (χ3v) is 6.34. The first-order chi connectivity index (χ1) is 13.6. The maximum Gasteiger partial charge on any atom is 0.243 e. The van der Waals surface area contributed by atoms with Crippen molar-refractivity contribution < 1.29 is 17.9 Å². The van der Waals surface area contributed by atoms with Crippen LogP contribution in [0.1, 0.15) is 11.1 Å². The molecule has 0 bridgehead atoms. The minimum atomic E-state index is -3.73. The molecule has 0 radical (unpaired) electrons. The molecule has 0 atom stereocenters. The number of hydrogen-bond acceptors (Lipinski definition) is 4. The molecule has 1 aliphatic rings. The van der Waals surface area contributed by atoms with Gasteiger partial charge in [-0.25, -0.2) is 8.42 Å². The third kappa shape index (κ3) is 4.03. The average Bonchev–Trinajstić information content (AvgIpc) is 2.74. The van der Waals surface area contributed by atoms with Crippen molar-refractivity contribution in [3.8, 4) is 11.5 Å². The minimum absolute atomic E-state index is 0.198. The molecule has 0 aliphatic carbocycles. The minimum Gasteiger partial charge on any atom is -0.486 e. The molecular formula is C22H21NO4S. The molecule has 0 unspecified atom stereocenters. The Bertz CT molecular complexity index is 995. The molecule has 0 aromatic heterocycles. The summed E-state index contributed by atoms with van der Waals surface area (Å²) >= 11 is 0. The van der Waals surface area contributed by atoms with E-state index >= 15 is 0 Å². The maximum atomic E-state index is 13.5. The lowest BCUT2D eigenvalue weighted by molar-refractivity contribution is 0.171. The van der Waals surface area contributed by atoms with Gasteiger partial charge in [-0.05, 0) is 23.3 Å². The van der Waals surface area contributed by atoms with Crippen LogP contribution >= 0.6 is 0 Å². The maximum absolute atomic E-state index is 13.5. The normalized spacial score (nSPS) is 13.5. The van der Waals surface area contributed by atoms with Gasteiger partial charge in [0.15, 0.2) is 11.5 Å². The molecule has 0 spiro atoms. The number of benzene rings is 3. The Morgan fingerprint density at radius 1 is 0.714 bits per heavy atom. The Balaban J connectivity index is 1.69. The van der Waals surface area contributed by atoms with Crippen molar-refractivity contribution in [3.05, 3.63) is 90.0 Å². The molecule has 0 N–H and O–H groups in total. The Morgan fingerprint density at radius 3 is 1.82 bits per heavy atom. The smallest absolute Gasteiger partial charge is 0.243 e. The number of fused-ring (bicyclic) bond motifs is 1. The number of sulfonamides is 1. The van der Waals surface area contributed by atoms with Crippen LogP contribution in [0.25, 0.3) is 0 Å². The molecule has 28 heavy (non-hydrogen) atoms. The summed E-state index contributed by atoms with van der Waals surface area (Å²) < 4.78 is 39.5. The largest absolute Gasteiger partial charge is 0.486 e. The molecule has 0 saturated heterocycles. The van der Waals surface area contributed by atoms with Crippen LogP contribution in [-0.4, -0.2) is 25.9 Å². The first-order valence-corrected chi connectivity index (χ1v) is 10.5. The Labute approximate surface area is 165 Å². The summed E-state index contributed by atoms with van der Waals surface area (Å²) in [5.74, 6) is 1.04. The van der Waals surface area contributed by atoms with Gasteiger partial charge in [0, 0.05) is 19.2 Å². The average molecular weight is 395 g/mol. The second kappa shape index (κ2) is 8.04. The van der Waals surface area contributed by atoms with Gasteiger partial charge >= 0.3 is 0 Å². The van der Waals surface area contributed by atoms with Crippen LogP contribution in [0, 0.1) is 0 Å². The molecule has 1 aliphatic heterocycles. The lowest BCUT2D eigenvalue weighted by Gasteiger charge is -2.24. The zero-order valence-corrected chi connectivity index (χ0v) is 16.1. The van der Waals surface area contributed by atoms with E-state index in [4.69, 9.17) is 9.47 Å². The number of hydrogen-bond donors (Lipinski definition) is 0. The van der Waals surface area contributed by atoms with Crippen molar-refractivity contribution in [1.82, 2.24) is 4.31 Å². The van der Waals surface area contributed by atoms with Gasteiger partial charge in [0.2, 0.25) is 10.0 Å². The lowest BCUT2D eigenvalue weighted by Crippen LogP contribution is -2.30. The topological polar surface area (TPSA) is 55.8 Å². The van der Waals surface area contributed by atoms with Gasteiger partial charge in [-0.3, -0.25) is 0 Å². The molecule has 3 aromatic rings. The molecule has 0 fully saturated rings. The summed E-state index contributed by atoms with van der Waals surface area (Å²) in [6, 6.07) is 24.0. The molecule has 0 saturated carbocycles. The molecule has 1 heterocycles. The summed E-state index contributed by atoms with van der Waals surface area (Å²) in [6.07, 6.45) is 0. The fraction of sp³-hybridized carbons (Fsp3) is 0.182. The summed E-state index contributed by atoms with van der Waals surface area (Å²) in [5, 5.41) is 0. The number of nitrogens with zero attached hydrogens (tertiary/aromatic N) is 1. The Hall–Kier alpha value is -2.83. The molecule has 5 nitrogen and oxygen atoms in total. The first kappa shape index (κ1) is 18.5. The molecule has 6 heteroatoms. The second-order valence-corrected chi connectivity index (χ2v) is 8.49. The van der Waals surface area contributed by atoms with E-state index < -0.39 is 10.0 Å². The highest BCUT2D eigenvalue weighted by atomic mass is 32.2. The van der Waals surface area contributed by atoms with E-state index in [0.29, 0.717) is 24.7 Å². The van der Waals surface area contributed by atoms with E-state index in [-0.39, 0.29) is 18.0 Å². The van der Waals surface area contributed by atoms with Gasteiger partial charge in [0.25, 0.3) is 0 Å². The van der Waals surface area contributed by atoms with Crippen LogP contribution in [-0.2, 0) is 23.1 Å². The van der Waals surface area contributed by atoms with E-state index in [1.807, 2.05) is 60.7 Å². The van der Waals surface area contributed by atoms with Crippen LogP contribution < -0.4 is 9.47 Å². The summed E-state index contributed by atoms with van der Waals surface area (Å²) in [5.41, 5.74) is 1.86. The van der Waals surface area contributed by atoms with Crippen LogP contribution in [0.15, 0.2) is 83.8 Å². The van der Waals surface area contributed by atoms with Gasteiger partial charge in [-0.15, -0.1) is 0 Å². The van der Waals surface area contributed by atoms with Gasteiger partial charge in [0.1, 0.15) is 13.2 Å². The molecule has 0 amide bonds. The van der Waals surface area contributed by atoms with E-state index in [9.17, 15) is 8.42 Å². The van der Waals surface area contributed by atoms with Crippen LogP contribution in [0.5, 0.6) is 11.5 Å². The molecule has 3 aromatic carbocycles. The SMILES string of the molecule is O=S(=O)(c1ccc2c(c1)OCCO2)N(Cc1ccccc1)Cc1ccccc1. The Morgan fingerprint density at radius 2 is 1.25 bits per heavy atom. The predicted octanol–water partition coefficient (Wildman–Crippen LogP) is 3.85.